The molecule has 0 aliphatic carbocycles. The van der Waals surface area contributed by atoms with Crippen LogP contribution < -0.4 is 35.8 Å². The summed E-state index contributed by atoms with van der Waals surface area (Å²) in [7, 11) is 0. The van der Waals surface area contributed by atoms with Crippen LogP contribution in [0.5, 0.6) is 11.5 Å². The Bertz CT molecular complexity index is 7010. The van der Waals surface area contributed by atoms with Gasteiger partial charge in [-0.3, -0.25) is 0 Å². The van der Waals surface area contributed by atoms with Crippen molar-refractivity contribution < 1.29 is 13.0 Å². The molecule has 17 aromatic rings. The Balaban J connectivity index is 0.989. The summed E-state index contributed by atoms with van der Waals surface area (Å²) in [5.41, 5.74) is 21.9. The molecule has 0 N–H and O–H groups in total. The van der Waals surface area contributed by atoms with Crippen molar-refractivity contribution in [3.63, 3.8) is 0 Å². The smallest absolute Gasteiger partial charge is 0.252 e. The molecule has 117 heavy (non-hydrogen) atoms. The first kappa shape index (κ1) is 66.5. The second-order valence-corrected chi connectivity index (χ2v) is 37.3. The van der Waals surface area contributed by atoms with Crippen molar-refractivity contribution in [3.8, 4) is 67.4 Å². The van der Waals surface area contributed by atoms with Crippen molar-refractivity contribution in [2.45, 2.75) is 131 Å². The van der Waals surface area contributed by atoms with Gasteiger partial charge in [-0.25, -0.2) is 0 Å². The zero-order chi connectivity index (χ0) is 85.7. The normalized spacial score (nSPS) is 14.1. The molecule has 6 nitrogen and oxygen atoms in total. The number of hydrogen-bond acceptors (Lipinski definition) is 4. The minimum absolute atomic E-state index is 0.00408. The third-order valence-corrected chi connectivity index (χ3v) is 24.4. The van der Waals surface area contributed by atoms with Gasteiger partial charge in [0.05, 0.1) is 53.0 Å². The predicted octanol–water partition coefficient (Wildman–Crippen LogP) is 28.7. The molecule has 0 unspecified atom stereocenters. The highest BCUT2D eigenvalue weighted by Gasteiger charge is 2.47. The molecular weight excluding hydrogens is 1420 g/mol. The molecule has 0 spiro atoms. The van der Waals surface area contributed by atoms with E-state index < -0.39 is 12.1 Å². The van der Waals surface area contributed by atoms with Gasteiger partial charge in [0.15, 0.2) is 11.5 Å². The Kier molecular flexibility index (Phi) is 15.3. The van der Waals surface area contributed by atoms with Gasteiger partial charge in [-0.1, -0.05) is 292 Å². The molecule has 0 amide bonds. The highest BCUT2D eigenvalue weighted by molar-refractivity contribution is 7.00. The van der Waals surface area contributed by atoms with E-state index in [-0.39, 0.29) is 69.3 Å². The highest BCUT2D eigenvalue weighted by atomic mass is 16.5. The van der Waals surface area contributed by atoms with Crippen LogP contribution in [-0.2, 0) is 27.1 Å². The van der Waals surface area contributed by atoms with Crippen LogP contribution in [0.4, 0.5) is 51.2 Å². The van der Waals surface area contributed by atoms with Crippen molar-refractivity contribution in [2.75, 3.05) is 14.7 Å². The van der Waals surface area contributed by atoms with E-state index in [1.54, 1.807) is 0 Å². The van der Waals surface area contributed by atoms with Gasteiger partial charge in [-0.05, 0) is 227 Å². The average Bonchev–Trinajstić information content (AvgIpc) is 1.11. The Hall–Kier alpha value is -12.8. The fourth-order valence-electron chi connectivity index (χ4n) is 18.1. The summed E-state index contributed by atoms with van der Waals surface area (Å²) in [5, 5.41) is 3.71. The number of rotatable bonds is 9. The van der Waals surface area contributed by atoms with Gasteiger partial charge in [0.25, 0.3) is 6.71 Å². The molecule has 0 bridgehead atoms. The van der Waals surface area contributed by atoms with Crippen LogP contribution in [-0.4, -0.2) is 15.8 Å². The predicted molar refractivity (Wildman–Crippen MR) is 499 cm³/mol. The van der Waals surface area contributed by atoms with Crippen molar-refractivity contribution in [3.05, 3.63) is 349 Å². The van der Waals surface area contributed by atoms with Crippen LogP contribution >= 0.6 is 0 Å². The van der Waals surface area contributed by atoms with E-state index in [4.69, 9.17) is 4.74 Å². The molecule has 0 saturated heterocycles. The van der Waals surface area contributed by atoms with E-state index in [0.717, 1.165) is 156 Å². The Morgan fingerprint density at radius 2 is 0.598 bits per heavy atom. The van der Waals surface area contributed by atoms with E-state index in [0.29, 0.717) is 39.1 Å². The largest absolute Gasteiger partial charge is 0.453 e. The zero-order valence-corrected chi connectivity index (χ0v) is 69.4. The monoisotopic (exact) mass is 1520 g/mol. The first-order valence-corrected chi connectivity index (χ1v) is 41.2. The maximum Gasteiger partial charge on any atom is 0.252 e. The maximum absolute atomic E-state index is 12.1. The van der Waals surface area contributed by atoms with Gasteiger partial charge in [0.2, 0.25) is 0 Å². The molecule has 572 valence electrons. The molecule has 3 aliphatic rings. The number of nitrogens with zero attached hydrogens (tertiary/aromatic N) is 5. The molecular formula is C110H98BN5O. The lowest BCUT2D eigenvalue weighted by Crippen LogP contribution is -2.61. The van der Waals surface area contributed by atoms with E-state index in [1.807, 2.05) is 65.2 Å². The molecule has 0 fully saturated rings. The molecule has 7 heteroatoms. The number of ether oxygens (including phenoxy) is 1. The summed E-state index contributed by atoms with van der Waals surface area (Å²) in [6.07, 6.45) is 0. The lowest BCUT2D eigenvalue weighted by atomic mass is 9.33. The van der Waals surface area contributed by atoms with Crippen molar-refractivity contribution in [1.29, 1.82) is 0 Å². The summed E-state index contributed by atoms with van der Waals surface area (Å²) in [5.74, 6) is 1.45. The van der Waals surface area contributed by atoms with Crippen LogP contribution in [0.25, 0.3) is 99.5 Å². The summed E-state index contributed by atoms with van der Waals surface area (Å²) in [6, 6.07) is 99.5. The van der Waals surface area contributed by atoms with Crippen LogP contribution in [0.2, 0.25) is 0 Å². The highest BCUT2D eigenvalue weighted by Crippen LogP contribution is 2.57. The summed E-state index contributed by atoms with van der Waals surface area (Å²) in [6.45, 7) is 32.5. The fourth-order valence-corrected chi connectivity index (χ4v) is 18.1. The van der Waals surface area contributed by atoms with E-state index in [1.165, 1.54) is 0 Å². The van der Waals surface area contributed by atoms with Crippen LogP contribution in [0.3, 0.4) is 0 Å². The molecule has 0 radical (unpaired) electrons. The van der Waals surface area contributed by atoms with E-state index >= 15 is 0 Å². The average molecular weight is 1520 g/mol. The Morgan fingerprint density at radius 3 is 0.991 bits per heavy atom. The molecule has 0 atom stereocenters. The Morgan fingerprint density at radius 1 is 0.265 bits per heavy atom. The number of hydrogen-bond donors (Lipinski definition) is 0. The minimum Gasteiger partial charge on any atom is -0.453 e. The third kappa shape index (κ3) is 12.1. The van der Waals surface area contributed by atoms with Gasteiger partial charge < -0.3 is 28.6 Å². The van der Waals surface area contributed by atoms with Crippen LogP contribution in [0, 0.1) is 0 Å². The van der Waals surface area contributed by atoms with Gasteiger partial charge in [-0.15, -0.1) is 0 Å². The lowest BCUT2D eigenvalue weighted by Gasteiger charge is -2.47. The quantitative estimate of drug-likeness (QED) is 0.135. The summed E-state index contributed by atoms with van der Waals surface area (Å²) >= 11 is 0. The number of fused-ring (bicyclic) bond motifs is 12. The summed E-state index contributed by atoms with van der Waals surface area (Å²) < 4.78 is 80.8. The second-order valence-electron chi connectivity index (χ2n) is 37.3. The molecule has 3 aliphatic heterocycles. The molecule has 5 heterocycles. The van der Waals surface area contributed by atoms with Gasteiger partial charge in [0.1, 0.15) is 0 Å². The summed E-state index contributed by atoms with van der Waals surface area (Å²) in [4.78, 5) is 6.82. The molecule has 2 aromatic heterocycles. The zero-order valence-electron chi connectivity index (χ0n) is 75.4. The van der Waals surface area contributed by atoms with Gasteiger partial charge in [-0.2, -0.15) is 0 Å². The molecule has 0 saturated carbocycles. The van der Waals surface area contributed by atoms with Crippen molar-refractivity contribution in [2.24, 2.45) is 0 Å². The number of benzene rings is 15. The van der Waals surface area contributed by atoms with Crippen LogP contribution in [0.1, 0.15) is 140 Å². The SMILES string of the molecule is [2H]c1c([2H])c(-n2c3ccccc3c3cc(N4c5ccccc5Oc5ccccc54)ccc32)c([2H])c2c1B1c3c(cc(C(C)(C)C)cc3N(c3c(-c4ccccc4)cc(C(C)(C)C)cc3-c3ccccc3)c3c([2H])c(-n4c5ccc(C(C)(C)C)cc5c5cc(C(C)(C)C)ccc54)c([2H])c([2H])c31)N2c1c(-c2ccccc2)cc(C(C)(C)C)cc1-c1ccccc1. The molecule has 20 rings (SSSR count). The van der Waals surface area contributed by atoms with Gasteiger partial charge >= 0.3 is 0 Å². The minimum atomic E-state index is -1.17. The third-order valence-electron chi connectivity index (χ3n) is 24.4. The molecule has 15 aromatic carbocycles. The topological polar surface area (TPSA) is 28.8 Å². The van der Waals surface area contributed by atoms with Crippen LogP contribution in [0.15, 0.2) is 321 Å². The maximum atomic E-state index is 12.1. The number of anilines is 9. The Labute approximate surface area is 698 Å². The number of para-hydroxylation sites is 5. The lowest BCUT2D eigenvalue weighted by molar-refractivity contribution is 0.477. The van der Waals surface area contributed by atoms with Crippen molar-refractivity contribution >= 4 is 118 Å². The fraction of sp³-hybridized carbons (Fsp3) is 0.182. The van der Waals surface area contributed by atoms with Crippen molar-refractivity contribution in [1.82, 2.24) is 9.13 Å². The van der Waals surface area contributed by atoms with Gasteiger partial charge in [0, 0.05) is 83.6 Å². The number of aromatic nitrogens is 2. The first-order chi connectivity index (χ1) is 58.7. The second kappa shape index (κ2) is 26.9. The van der Waals surface area contributed by atoms with E-state index in [2.05, 4.69) is 348 Å². The van der Waals surface area contributed by atoms with E-state index in [9.17, 15) is 8.22 Å². The standard InChI is InChI=1S/C110H98BN5O/c1-106(2,3)73-48-55-92-86(58-73)87-59-74(107(4,5)6)49-56-93(87)113(92)80-51-54-90-98(68-80)116(105-84(71-38-24-18-25-39-71)62-76(109(10,11)12)63-85(105)72-40-26-19-27-41-72)100-65-77(110(13,14)15)64-99-103(100)111(90)89-53-50-79(67-97(89)115(99)104-82(69-34-20-16-21-35-69)60-75(108(7,8)9)61-83(104)70-36-22-17-23-37-70)112-91-43-29-28-42-81(91)88-66-78(52-57-94(88)112)114-95-44-30-32-46-101(95)117-102-47-33-31-45-96(102)114/h16-68H,1-15H3/i50D,51D,53D,54D,67D,68D. The first-order valence-electron chi connectivity index (χ1n) is 44.2.